The summed E-state index contributed by atoms with van der Waals surface area (Å²) in [6.45, 7) is 6.06. The van der Waals surface area contributed by atoms with Crippen LogP contribution in [-0.2, 0) is 6.54 Å². The maximum absolute atomic E-state index is 13.2. The molecule has 3 heterocycles. The fourth-order valence-corrected chi connectivity index (χ4v) is 3.99. The molecule has 1 aliphatic rings. The molecule has 0 N–H and O–H groups in total. The first-order valence-corrected chi connectivity index (χ1v) is 10.5. The normalized spacial score (nSPS) is 14.0. The lowest BCUT2D eigenvalue weighted by molar-refractivity contribution is 0.0531. The van der Waals surface area contributed by atoms with Crippen LogP contribution in [0.25, 0.3) is 0 Å². The van der Waals surface area contributed by atoms with Gasteiger partial charge in [0.25, 0.3) is 11.8 Å². The van der Waals surface area contributed by atoms with Gasteiger partial charge in [0.05, 0.1) is 24.0 Å². The van der Waals surface area contributed by atoms with Crippen LogP contribution in [0.1, 0.15) is 37.8 Å². The van der Waals surface area contributed by atoms with Gasteiger partial charge in [0, 0.05) is 49.3 Å². The number of amides is 2. The monoisotopic (exact) mass is 438 g/mol. The van der Waals surface area contributed by atoms with Crippen molar-refractivity contribution in [2.24, 2.45) is 0 Å². The third-order valence-corrected chi connectivity index (χ3v) is 5.88. The summed E-state index contributed by atoms with van der Waals surface area (Å²) in [5.74, 6) is -0.230. The number of hydrogen-bond acceptors (Lipinski definition) is 5. The van der Waals surface area contributed by atoms with Gasteiger partial charge in [-0.05, 0) is 25.5 Å². The number of piperazine rings is 1. The smallest absolute Gasteiger partial charge is 0.274 e. The molecule has 0 aliphatic carbocycles. The third-order valence-electron chi connectivity index (χ3n) is 5.51. The van der Waals surface area contributed by atoms with Gasteiger partial charge < -0.3 is 9.80 Å². The molecular weight excluding hydrogens is 416 g/mol. The van der Waals surface area contributed by atoms with E-state index < -0.39 is 0 Å². The number of halogens is 1. The largest absolute Gasteiger partial charge is 0.335 e. The number of aromatic nitrogens is 4. The number of benzene rings is 1. The Morgan fingerprint density at radius 3 is 2.32 bits per heavy atom. The van der Waals surface area contributed by atoms with Crippen LogP contribution < -0.4 is 0 Å². The molecule has 1 aromatic carbocycles. The van der Waals surface area contributed by atoms with E-state index in [1.54, 1.807) is 9.80 Å². The summed E-state index contributed by atoms with van der Waals surface area (Å²) < 4.78 is 1.82. The molecule has 9 heteroatoms. The maximum atomic E-state index is 13.2. The lowest BCUT2D eigenvalue weighted by Crippen LogP contribution is -2.50. The molecular formula is C22H23ClN6O2. The maximum Gasteiger partial charge on any atom is 0.274 e. The molecule has 1 aliphatic heterocycles. The Morgan fingerprint density at radius 1 is 1.00 bits per heavy atom. The number of carbonyl (C=O) groups is 2. The average molecular weight is 439 g/mol. The minimum atomic E-state index is -0.167. The summed E-state index contributed by atoms with van der Waals surface area (Å²) in [7, 11) is 0. The Hall–Kier alpha value is -3.26. The van der Waals surface area contributed by atoms with Crippen LogP contribution in [0.15, 0.2) is 42.9 Å². The summed E-state index contributed by atoms with van der Waals surface area (Å²) in [5.41, 5.74) is 3.37. The summed E-state index contributed by atoms with van der Waals surface area (Å²) >= 11 is 6.28. The van der Waals surface area contributed by atoms with Crippen LogP contribution in [0, 0.1) is 13.8 Å². The molecule has 2 aromatic heterocycles. The van der Waals surface area contributed by atoms with Crippen molar-refractivity contribution >= 4 is 23.4 Å². The van der Waals surface area contributed by atoms with Gasteiger partial charge in [-0.15, -0.1) is 0 Å². The summed E-state index contributed by atoms with van der Waals surface area (Å²) in [5, 5.41) is 5.25. The van der Waals surface area contributed by atoms with Crippen molar-refractivity contribution in [1.29, 1.82) is 0 Å². The Morgan fingerprint density at radius 2 is 1.68 bits per heavy atom. The second kappa shape index (κ2) is 8.85. The zero-order valence-electron chi connectivity index (χ0n) is 17.5. The topological polar surface area (TPSA) is 84.2 Å². The van der Waals surface area contributed by atoms with Gasteiger partial charge in [-0.1, -0.05) is 29.8 Å². The lowest BCUT2D eigenvalue weighted by atomic mass is 10.1. The molecule has 0 bridgehead atoms. The van der Waals surface area contributed by atoms with Gasteiger partial charge in [-0.3, -0.25) is 19.3 Å². The second-order valence-corrected chi connectivity index (χ2v) is 7.88. The summed E-state index contributed by atoms with van der Waals surface area (Å²) in [4.78, 5) is 37.3. The van der Waals surface area contributed by atoms with E-state index in [2.05, 4.69) is 15.1 Å². The molecule has 1 fully saturated rings. The molecule has 0 radical (unpaired) electrons. The van der Waals surface area contributed by atoms with Crippen molar-refractivity contribution in [1.82, 2.24) is 29.5 Å². The fraction of sp³-hybridized carbons (Fsp3) is 0.318. The predicted octanol–water partition coefficient (Wildman–Crippen LogP) is 2.59. The number of nitrogens with zero attached hydrogens (tertiary/aromatic N) is 6. The Balaban J connectivity index is 1.45. The molecule has 160 valence electrons. The highest BCUT2D eigenvalue weighted by molar-refractivity contribution is 6.31. The SMILES string of the molecule is Cc1nn(Cc2ccccc2Cl)c(C)c1C(=O)N1CCN(C(=O)c2cnccn2)CC1. The van der Waals surface area contributed by atoms with Crippen LogP contribution in [0.4, 0.5) is 0 Å². The Bertz CT molecular complexity index is 1110. The third kappa shape index (κ3) is 4.29. The van der Waals surface area contributed by atoms with Gasteiger partial charge >= 0.3 is 0 Å². The molecule has 0 unspecified atom stereocenters. The molecule has 0 atom stereocenters. The first-order valence-electron chi connectivity index (χ1n) is 10.1. The molecule has 4 rings (SSSR count). The van der Waals surface area contributed by atoms with E-state index in [0.29, 0.717) is 54.7 Å². The van der Waals surface area contributed by atoms with E-state index in [9.17, 15) is 9.59 Å². The molecule has 0 spiro atoms. The highest BCUT2D eigenvalue weighted by atomic mass is 35.5. The van der Waals surface area contributed by atoms with Gasteiger partial charge in [0.15, 0.2) is 0 Å². The number of rotatable bonds is 4. The minimum absolute atomic E-state index is 0.0630. The number of aryl methyl sites for hydroxylation is 1. The van der Waals surface area contributed by atoms with Gasteiger partial charge in [-0.25, -0.2) is 4.98 Å². The Labute approximate surface area is 185 Å². The van der Waals surface area contributed by atoms with Crippen LogP contribution in [0.5, 0.6) is 0 Å². The zero-order valence-corrected chi connectivity index (χ0v) is 18.2. The van der Waals surface area contributed by atoms with Crippen molar-refractivity contribution in [2.75, 3.05) is 26.2 Å². The second-order valence-electron chi connectivity index (χ2n) is 7.47. The van der Waals surface area contributed by atoms with Crippen LogP contribution in [-0.4, -0.2) is 67.5 Å². The van der Waals surface area contributed by atoms with E-state index >= 15 is 0 Å². The molecule has 2 amide bonds. The van der Waals surface area contributed by atoms with Crippen molar-refractivity contribution in [2.45, 2.75) is 20.4 Å². The van der Waals surface area contributed by atoms with E-state index in [0.717, 1.165) is 11.3 Å². The first kappa shape index (κ1) is 21.0. The standard InChI is InChI=1S/C22H23ClN6O2/c1-15-20(16(2)29(26-15)14-17-5-3-4-6-18(17)23)22(31)28-11-9-27(10-12-28)21(30)19-13-24-7-8-25-19/h3-8,13H,9-12,14H2,1-2H3. The van der Waals surface area contributed by atoms with Gasteiger partial charge in [-0.2, -0.15) is 5.10 Å². The van der Waals surface area contributed by atoms with Crippen LogP contribution in [0.2, 0.25) is 5.02 Å². The summed E-state index contributed by atoms with van der Waals surface area (Å²) in [6.07, 6.45) is 4.49. The quantitative estimate of drug-likeness (QED) is 0.625. The lowest BCUT2D eigenvalue weighted by Gasteiger charge is -2.34. The predicted molar refractivity (Wildman–Crippen MR) is 116 cm³/mol. The highest BCUT2D eigenvalue weighted by Crippen LogP contribution is 2.21. The number of hydrogen-bond donors (Lipinski definition) is 0. The molecule has 3 aromatic rings. The van der Waals surface area contributed by atoms with Crippen LogP contribution in [0.3, 0.4) is 0 Å². The minimum Gasteiger partial charge on any atom is -0.335 e. The van der Waals surface area contributed by atoms with E-state index in [4.69, 9.17) is 11.6 Å². The van der Waals surface area contributed by atoms with Crippen molar-refractivity contribution < 1.29 is 9.59 Å². The Kier molecular flexibility index (Phi) is 5.99. The molecule has 0 saturated carbocycles. The molecule has 8 nitrogen and oxygen atoms in total. The van der Waals surface area contributed by atoms with Crippen LogP contribution >= 0.6 is 11.6 Å². The van der Waals surface area contributed by atoms with Crippen molar-refractivity contribution in [3.63, 3.8) is 0 Å². The van der Waals surface area contributed by atoms with E-state index in [-0.39, 0.29) is 11.8 Å². The number of carbonyl (C=O) groups excluding carboxylic acids is 2. The average Bonchev–Trinajstić information content (AvgIpc) is 3.07. The zero-order chi connectivity index (χ0) is 22.0. The summed E-state index contributed by atoms with van der Waals surface area (Å²) in [6, 6.07) is 7.61. The van der Waals surface area contributed by atoms with Gasteiger partial charge in [0.1, 0.15) is 5.69 Å². The van der Waals surface area contributed by atoms with Crippen molar-refractivity contribution in [3.8, 4) is 0 Å². The molecule has 1 saturated heterocycles. The van der Waals surface area contributed by atoms with Gasteiger partial charge in [0.2, 0.25) is 0 Å². The fourth-order valence-electron chi connectivity index (χ4n) is 3.79. The molecule has 31 heavy (non-hydrogen) atoms. The highest BCUT2D eigenvalue weighted by Gasteiger charge is 2.29. The van der Waals surface area contributed by atoms with E-state index in [1.165, 1.54) is 18.6 Å². The van der Waals surface area contributed by atoms with E-state index in [1.807, 2.05) is 42.8 Å². The first-order chi connectivity index (χ1) is 15.0. The van der Waals surface area contributed by atoms with Crippen molar-refractivity contribution in [3.05, 3.63) is 76.1 Å².